The first kappa shape index (κ1) is 13.1. The zero-order chi connectivity index (χ0) is 13.1. The zero-order valence-electron chi connectivity index (χ0n) is 11.1. The lowest BCUT2D eigenvalue weighted by atomic mass is 10.1. The first-order chi connectivity index (χ1) is 8.63. The number of carbonyl (C=O) groups is 1. The summed E-state index contributed by atoms with van der Waals surface area (Å²) in [5.74, 6) is 0.166. The van der Waals surface area contributed by atoms with E-state index in [0.29, 0.717) is 6.54 Å². The van der Waals surface area contributed by atoms with Gasteiger partial charge in [-0.25, -0.2) is 0 Å². The van der Waals surface area contributed by atoms with Gasteiger partial charge in [0.15, 0.2) is 0 Å². The summed E-state index contributed by atoms with van der Waals surface area (Å²) in [6.45, 7) is 4.23. The summed E-state index contributed by atoms with van der Waals surface area (Å²) < 4.78 is 0. The van der Waals surface area contributed by atoms with E-state index in [9.17, 15) is 4.79 Å². The van der Waals surface area contributed by atoms with Crippen molar-refractivity contribution < 1.29 is 4.79 Å². The molecule has 1 aliphatic heterocycles. The molecule has 1 atom stereocenters. The van der Waals surface area contributed by atoms with Crippen molar-refractivity contribution in [3.8, 4) is 0 Å². The third-order valence-electron chi connectivity index (χ3n) is 3.51. The van der Waals surface area contributed by atoms with Crippen LogP contribution in [0.2, 0.25) is 0 Å². The van der Waals surface area contributed by atoms with E-state index in [4.69, 9.17) is 5.73 Å². The Morgan fingerprint density at radius 2 is 2.17 bits per heavy atom. The summed E-state index contributed by atoms with van der Waals surface area (Å²) in [4.78, 5) is 16.4. The smallest absolute Gasteiger partial charge is 0.244 e. The highest BCUT2D eigenvalue weighted by Gasteiger charge is 2.32. The molecule has 0 bridgehead atoms. The lowest BCUT2D eigenvalue weighted by molar-refractivity contribution is -0.125. The fourth-order valence-corrected chi connectivity index (χ4v) is 2.45. The molecule has 1 saturated heterocycles. The van der Waals surface area contributed by atoms with Crippen LogP contribution in [-0.2, 0) is 4.79 Å². The van der Waals surface area contributed by atoms with Gasteiger partial charge in [0.25, 0.3) is 0 Å². The van der Waals surface area contributed by atoms with E-state index in [1.165, 1.54) is 5.56 Å². The highest BCUT2D eigenvalue weighted by Crippen LogP contribution is 2.21. The van der Waals surface area contributed by atoms with E-state index in [1.54, 1.807) is 0 Å². The third-order valence-corrected chi connectivity index (χ3v) is 3.51. The summed E-state index contributed by atoms with van der Waals surface area (Å²) in [5, 5.41) is 0. The predicted molar refractivity (Wildman–Crippen MR) is 73.6 cm³/mol. The van der Waals surface area contributed by atoms with Gasteiger partial charge in [-0.15, -0.1) is 0 Å². The summed E-state index contributed by atoms with van der Waals surface area (Å²) in [6.07, 6.45) is 0.720. The van der Waals surface area contributed by atoms with E-state index in [-0.39, 0.29) is 11.9 Å². The Balaban J connectivity index is 2.21. The number of hydrogen-bond acceptors (Lipinski definition) is 3. The largest absolute Gasteiger partial charge is 0.330 e. The number of rotatable bonds is 3. The van der Waals surface area contributed by atoms with Gasteiger partial charge in [0, 0.05) is 18.8 Å². The van der Waals surface area contributed by atoms with Gasteiger partial charge in [-0.05, 0) is 44.6 Å². The Labute approximate surface area is 108 Å². The molecule has 1 unspecified atom stereocenters. The number of aryl methyl sites for hydroxylation is 1. The van der Waals surface area contributed by atoms with Gasteiger partial charge in [-0.3, -0.25) is 9.69 Å². The van der Waals surface area contributed by atoms with Crippen LogP contribution in [0.5, 0.6) is 0 Å². The summed E-state index contributed by atoms with van der Waals surface area (Å²) >= 11 is 0. The van der Waals surface area contributed by atoms with Gasteiger partial charge in [-0.1, -0.05) is 12.1 Å². The fraction of sp³-hybridized carbons (Fsp3) is 0.500. The molecule has 1 fully saturated rings. The molecule has 1 amide bonds. The number of hydrogen-bond donors (Lipinski definition) is 1. The number of nitrogens with zero attached hydrogens (tertiary/aromatic N) is 2. The van der Waals surface area contributed by atoms with Crippen molar-refractivity contribution in [2.24, 2.45) is 5.73 Å². The van der Waals surface area contributed by atoms with Crippen molar-refractivity contribution in [1.29, 1.82) is 0 Å². The number of carbonyl (C=O) groups excluding carboxylic acids is 1. The van der Waals surface area contributed by atoms with Crippen LogP contribution >= 0.6 is 0 Å². The number of anilines is 1. The molecule has 2 rings (SSSR count). The fourth-order valence-electron chi connectivity index (χ4n) is 2.45. The molecule has 2 N–H and O–H groups in total. The molecule has 0 aliphatic carbocycles. The minimum Gasteiger partial charge on any atom is -0.330 e. The highest BCUT2D eigenvalue weighted by atomic mass is 16.2. The van der Waals surface area contributed by atoms with Crippen LogP contribution in [0.3, 0.4) is 0 Å². The Morgan fingerprint density at radius 3 is 2.83 bits per heavy atom. The number of amides is 1. The second-order valence-electron chi connectivity index (χ2n) is 4.90. The van der Waals surface area contributed by atoms with Gasteiger partial charge >= 0.3 is 0 Å². The number of likely N-dealkylation sites (N-methyl/N-ethyl adjacent to an activating group) is 1. The van der Waals surface area contributed by atoms with Crippen molar-refractivity contribution in [2.45, 2.75) is 19.4 Å². The monoisotopic (exact) mass is 247 g/mol. The maximum absolute atomic E-state index is 12.5. The van der Waals surface area contributed by atoms with Crippen LogP contribution in [0.15, 0.2) is 24.3 Å². The minimum absolute atomic E-state index is 0.0794. The summed E-state index contributed by atoms with van der Waals surface area (Å²) in [5.41, 5.74) is 7.77. The first-order valence-electron chi connectivity index (χ1n) is 6.42. The SMILES string of the molecule is Cc1cccc(N2CCN(C)C(CCN)C2=O)c1. The van der Waals surface area contributed by atoms with Crippen LogP contribution in [-0.4, -0.2) is 43.5 Å². The molecule has 0 saturated carbocycles. The molecule has 0 aromatic heterocycles. The average molecular weight is 247 g/mol. The van der Waals surface area contributed by atoms with Crippen LogP contribution in [0.4, 0.5) is 5.69 Å². The van der Waals surface area contributed by atoms with E-state index in [0.717, 1.165) is 25.2 Å². The molecular weight excluding hydrogens is 226 g/mol. The lowest BCUT2D eigenvalue weighted by Crippen LogP contribution is -2.56. The number of piperazine rings is 1. The minimum atomic E-state index is -0.0794. The second kappa shape index (κ2) is 5.50. The Hall–Kier alpha value is -1.39. The van der Waals surface area contributed by atoms with Crippen LogP contribution < -0.4 is 10.6 Å². The summed E-state index contributed by atoms with van der Waals surface area (Å²) in [6, 6.07) is 8.01. The molecule has 1 aromatic carbocycles. The standard InChI is InChI=1S/C14H21N3O/c1-11-4-3-5-12(10-11)17-9-8-16(2)13(6-7-15)14(17)18/h3-5,10,13H,6-9,15H2,1-2H3. The lowest BCUT2D eigenvalue weighted by Gasteiger charge is -2.38. The zero-order valence-corrected chi connectivity index (χ0v) is 11.1. The van der Waals surface area contributed by atoms with E-state index < -0.39 is 0 Å². The molecule has 4 nitrogen and oxygen atoms in total. The highest BCUT2D eigenvalue weighted by molar-refractivity contribution is 5.98. The number of nitrogens with two attached hydrogens (primary N) is 1. The quantitative estimate of drug-likeness (QED) is 0.866. The maximum Gasteiger partial charge on any atom is 0.244 e. The molecule has 0 spiro atoms. The molecular formula is C14H21N3O. The molecule has 98 valence electrons. The Bertz CT molecular complexity index is 433. The molecule has 4 heteroatoms. The summed E-state index contributed by atoms with van der Waals surface area (Å²) in [7, 11) is 1.99. The van der Waals surface area contributed by atoms with E-state index in [2.05, 4.69) is 11.0 Å². The van der Waals surface area contributed by atoms with Gasteiger partial charge in [0.2, 0.25) is 5.91 Å². The van der Waals surface area contributed by atoms with Gasteiger partial charge in [0.1, 0.15) is 0 Å². The molecule has 1 heterocycles. The van der Waals surface area contributed by atoms with Crippen LogP contribution in [0, 0.1) is 6.92 Å². The molecule has 0 radical (unpaired) electrons. The van der Waals surface area contributed by atoms with Gasteiger partial charge in [-0.2, -0.15) is 0 Å². The normalized spacial score (nSPS) is 21.4. The van der Waals surface area contributed by atoms with Crippen LogP contribution in [0.25, 0.3) is 0 Å². The Kier molecular flexibility index (Phi) is 3.99. The molecule has 1 aliphatic rings. The third kappa shape index (κ3) is 2.54. The van der Waals surface area contributed by atoms with E-state index >= 15 is 0 Å². The average Bonchev–Trinajstić information content (AvgIpc) is 2.34. The first-order valence-corrected chi connectivity index (χ1v) is 6.42. The van der Waals surface area contributed by atoms with Gasteiger partial charge < -0.3 is 10.6 Å². The van der Waals surface area contributed by atoms with Crippen molar-refractivity contribution >= 4 is 11.6 Å². The van der Waals surface area contributed by atoms with Crippen molar-refractivity contribution in [2.75, 3.05) is 31.6 Å². The van der Waals surface area contributed by atoms with E-state index in [1.807, 2.05) is 37.1 Å². The number of benzene rings is 1. The second-order valence-corrected chi connectivity index (χ2v) is 4.90. The van der Waals surface area contributed by atoms with Gasteiger partial charge in [0.05, 0.1) is 6.04 Å². The van der Waals surface area contributed by atoms with Crippen molar-refractivity contribution in [3.05, 3.63) is 29.8 Å². The molecule has 1 aromatic rings. The molecule has 18 heavy (non-hydrogen) atoms. The van der Waals surface area contributed by atoms with Crippen molar-refractivity contribution in [3.63, 3.8) is 0 Å². The predicted octanol–water partition coefficient (Wildman–Crippen LogP) is 0.991. The van der Waals surface area contributed by atoms with Crippen molar-refractivity contribution in [1.82, 2.24) is 4.90 Å². The maximum atomic E-state index is 12.5. The Morgan fingerprint density at radius 1 is 1.39 bits per heavy atom. The van der Waals surface area contributed by atoms with Crippen LogP contribution in [0.1, 0.15) is 12.0 Å². The topological polar surface area (TPSA) is 49.6 Å².